The molecule has 0 atom stereocenters. The summed E-state index contributed by atoms with van der Waals surface area (Å²) in [6, 6.07) is 28.5. The average molecular weight is 515 g/mol. The van der Waals surface area contributed by atoms with Gasteiger partial charge in [0.2, 0.25) is 0 Å². The molecule has 0 saturated heterocycles. The fourth-order valence-electron chi connectivity index (χ4n) is 3.91. The summed E-state index contributed by atoms with van der Waals surface area (Å²) in [4.78, 5) is 11.8. The summed E-state index contributed by atoms with van der Waals surface area (Å²) < 4.78 is 24.3. The minimum atomic E-state index is -1.01. The van der Waals surface area contributed by atoms with Crippen LogP contribution in [0.25, 0.3) is 16.7 Å². The van der Waals surface area contributed by atoms with Gasteiger partial charge < -0.3 is 14.6 Å². The van der Waals surface area contributed by atoms with Crippen LogP contribution in [0.3, 0.4) is 0 Å². The second-order valence-electron chi connectivity index (χ2n) is 8.35. The molecule has 0 unspecified atom stereocenters. The van der Waals surface area contributed by atoms with E-state index in [2.05, 4.69) is 30.3 Å². The molecule has 6 heteroatoms. The Balaban J connectivity index is 1.55. The number of carbonyl (C=O) groups is 1. The standard InChI is InChI=1S/C31H27FO4S/c1-21-18-28(14-15-30(21)36-20-31(33)34)37-17-16-29(24-10-12-26(32)13-11-24)23-8-6-22(7-9-23)25-4-3-5-27(19-25)35-2/h3-16,18-19H,17,20H2,1-2H3,(H,33,34). The van der Waals surface area contributed by atoms with Crippen molar-refractivity contribution in [2.45, 2.75) is 11.8 Å². The second-order valence-corrected chi connectivity index (χ2v) is 9.45. The molecule has 0 bridgehead atoms. The molecule has 0 spiro atoms. The van der Waals surface area contributed by atoms with Gasteiger partial charge in [0.25, 0.3) is 0 Å². The van der Waals surface area contributed by atoms with E-state index in [1.807, 2.05) is 43.3 Å². The van der Waals surface area contributed by atoms with E-state index in [0.717, 1.165) is 44.0 Å². The Bertz CT molecular complexity index is 1400. The van der Waals surface area contributed by atoms with Crippen LogP contribution in [0.5, 0.6) is 11.5 Å². The molecule has 0 aliphatic heterocycles. The molecular weight excluding hydrogens is 487 g/mol. The first-order valence-corrected chi connectivity index (χ1v) is 12.7. The molecule has 0 heterocycles. The highest BCUT2D eigenvalue weighted by Crippen LogP contribution is 2.31. The van der Waals surface area contributed by atoms with Crippen LogP contribution < -0.4 is 9.47 Å². The van der Waals surface area contributed by atoms with Crippen LogP contribution in [-0.2, 0) is 4.79 Å². The van der Waals surface area contributed by atoms with Gasteiger partial charge in [0.05, 0.1) is 7.11 Å². The Labute approximate surface area is 220 Å². The first-order valence-electron chi connectivity index (χ1n) is 11.7. The van der Waals surface area contributed by atoms with Crippen LogP contribution in [0.15, 0.2) is 102 Å². The summed E-state index contributed by atoms with van der Waals surface area (Å²) >= 11 is 1.66. The monoisotopic (exact) mass is 514 g/mol. The average Bonchev–Trinajstić information content (AvgIpc) is 2.91. The van der Waals surface area contributed by atoms with E-state index < -0.39 is 5.97 Å². The molecule has 188 valence electrons. The van der Waals surface area contributed by atoms with Gasteiger partial charge in [-0.25, -0.2) is 9.18 Å². The van der Waals surface area contributed by atoms with E-state index in [1.165, 1.54) is 12.1 Å². The third-order valence-electron chi connectivity index (χ3n) is 5.79. The van der Waals surface area contributed by atoms with Gasteiger partial charge in [-0.2, -0.15) is 0 Å². The van der Waals surface area contributed by atoms with E-state index in [4.69, 9.17) is 14.6 Å². The smallest absolute Gasteiger partial charge is 0.341 e. The van der Waals surface area contributed by atoms with Crippen molar-refractivity contribution in [3.8, 4) is 22.6 Å². The number of rotatable bonds is 10. The number of carboxylic acids is 1. The van der Waals surface area contributed by atoms with Gasteiger partial charge in [0.15, 0.2) is 6.61 Å². The molecule has 4 rings (SSSR count). The van der Waals surface area contributed by atoms with Crippen molar-refractivity contribution in [3.63, 3.8) is 0 Å². The molecule has 0 aromatic heterocycles. The zero-order chi connectivity index (χ0) is 26.2. The number of methoxy groups -OCH3 is 1. The predicted octanol–water partition coefficient (Wildman–Crippen LogP) is 7.50. The van der Waals surface area contributed by atoms with Crippen LogP contribution >= 0.6 is 11.8 Å². The lowest BCUT2D eigenvalue weighted by molar-refractivity contribution is -0.139. The molecule has 0 aliphatic rings. The van der Waals surface area contributed by atoms with Gasteiger partial charge in [-0.05, 0) is 82.8 Å². The van der Waals surface area contributed by atoms with Crippen LogP contribution in [0.4, 0.5) is 4.39 Å². The number of hydrogen-bond donors (Lipinski definition) is 1. The highest BCUT2D eigenvalue weighted by molar-refractivity contribution is 7.99. The first kappa shape index (κ1) is 26.0. The van der Waals surface area contributed by atoms with Gasteiger partial charge in [0, 0.05) is 10.6 Å². The van der Waals surface area contributed by atoms with Crippen molar-refractivity contribution in [2.75, 3.05) is 19.5 Å². The van der Waals surface area contributed by atoms with Crippen molar-refractivity contribution in [3.05, 3.63) is 120 Å². The molecule has 0 radical (unpaired) electrons. The largest absolute Gasteiger partial charge is 0.497 e. The molecule has 1 N–H and O–H groups in total. The van der Waals surface area contributed by atoms with E-state index in [1.54, 1.807) is 37.1 Å². The summed E-state index contributed by atoms with van der Waals surface area (Å²) in [6.45, 7) is 1.53. The molecule has 0 aliphatic carbocycles. The maximum Gasteiger partial charge on any atom is 0.341 e. The number of benzene rings is 4. The number of ether oxygens (including phenoxy) is 2. The van der Waals surface area contributed by atoms with E-state index >= 15 is 0 Å². The quantitative estimate of drug-likeness (QED) is 0.222. The lowest BCUT2D eigenvalue weighted by Gasteiger charge is -2.12. The number of aryl methyl sites for hydroxylation is 1. The van der Waals surface area contributed by atoms with Crippen LogP contribution in [0.2, 0.25) is 0 Å². The highest BCUT2D eigenvalue weighted by Gasteiger charge is 2.09. The fourth-order valence-corrected chi connectivity index (χ4v) is 4.78. The maximum atomic E-state index is 13.6. The maximum absolute atomic E-state index is 13.6. The minimum absolute atomic E-state index is 0.272. The van der Waals surface area contributed by atoms with Gasteiger partial charge in [0.1, 0.15) is 17.3 Å². The third kappa shape index (κ3) is 7.02. The molecule has 4 nitrogen and oxygen atoms in total. The number of thioether (sulfide) groups is 1. The summed E-state index contributed by atoms with van der Waals surface area (Å²) in [6.07, 6.45) is 2.14. The Hall–Kier alpha value is -4.03. The molecule has 4 aromatic rings. The van der Waals surface area contributed by atoms with E-state index in [9.17, 15) is 9.18 Å². The van der Waals surface area contributed by atoms with Gasteiger partial charge in [-0.1, -0.05) is 54.6 Å². The predicted molar refractivity (Wildman–Crippen MR) is 147 cm³/mol. The topological polar surface area (TPSA) is 55.8 Å². The SMILES string of the molecule is COc1cccc(-c2ccc(C(=CCSc3ccc(OCC(=O)O)c(C)c3)c3ccc(F)cc3)cc2)c1. The Kier molecular flexibility index (Phi) is 8.64. The van der Waals surface area contributed by atoms with Crippen LogP contribution in [0, 0.1) is 12.7 Å². The normalized spacial score (nSPS) is 11.3. The van der Waals surface area contributed by atoms with E-state index in [0.29, 0.717) is 11.5 Å². The third-order valence-corrected chi connectivity index (χ3v) is 6.71. The molecule has 0 saturated carbocycles. The second kappa shape index (κ2) is 12.3. The molecule has 4 aromatic carbocycles. The number of carboxylic acid groups (broad SMARTS) is 1. The molecule has 0 fully saturated rings. The van der Waals surface area contributed by atoms with Crippen molar-refractivity contribution in [1.82, 2.24) is 0 Å². The summed E-state index contributed by atoms with van der Waals surface area (Å²) in [5, 5.41) is 8.82. The minimum Gasteiger partial charge on any atom is -0.497 e. The van der Waals surface area contributed by atoms with Crippen molar-refractivity contribution in [2.24, 2.45) is 0 Å². The fraction of sp³-hybridized carbons (Fsp3) is 0.129. The van der Waals surface area contributed by atoms with Crippen molar-refractivity contribution < 1.29 is 23.8 Å². The number of aliphatic carboxylic acids is 1. The number of halogens is 1. The highest BCUT2D eigenvalue weighted by atomic mass is 32.2. The van der Waals surface area contributed by atoms with Gasteiger partial charge in [-0.15, -0.1) is 11.8 Å². The Morgan fingerprint density at radius 1 is 0.919 bits per heavy atom. The van der Waals surface area contributed by atoms with E-state index in [-0.39, 0.29) is 12.4 Å². The number of hydrogen-bond acceptors (Lipinski definition) is 4. The van der Waals surface area contributed by atoms with Crippen LogP contribution in [0.1, 0.15) is 16.7 Å². The molecular formula is C31H27FO4S. The van der Waals surface area contributed by atoms with Crippen molar-refractivity contribution in [1.29, 1.82) is 0 Å². The zero-order valence-electron chi connectivity index (χ0n) is 20.6. The Morgan fingerprint density at radius 3 is 2.27 bits per heavy atom. The van der Waals surface area contributed by atoms with Gasteiger partial charge in [-0.3, -0.25) is 0 Å². The lowest BCUT2D eigenvalue weighted by atomic mass is 9.95. The summed E-state index contributed by atoms with van der Waals surface area (Å²) in [7, 11) is 1.66. The van der Waals surface area contributed by atoms with Crippen LogP contribution in [-0.4, -0.2) is 30.5 Å². The van der Waals surface area contributed by atoms with Gasteiger partial charge >= 0.3 is 5.97 Å². The summed E-state index contributed by atoms with van der Waals surface area (Å²) in [5.41, 5.74) is 6.01. The summed E-state index contributed by atoms with van der Waals surface area (Å²) in [5.74, 6) is 0.783. The lowest BCUT2D eigenvalue weighted by Crippen LogP contribution is -2.09. The molecule has 0 amide bonds. The van der Waals surface area contributed by atoms with Crippen molar-refractivity contribution >= 4 is 23.3 Å². The zero-order valence-corrected chi connectivity index (χ0v) is 21.4. The first-order chi connectivity index (χ1) is 17.9. The molecule has 37 heavy (non-hydrogen) atoms. The Morgan fingerprint density at radius 2 is 1.62 bits per heavy atom.